The largest absolute Gasteiger partial charge is 0.438 e. The van der Waals surface area contributed by atoms with Crippen LogP contribution in [0.15, 0.2) is 47.4 Å². The molecule has 38 heavy (non-hydrogen) atoms. The zero-order valence-electron chi connectivity index (χ0n) is 21.6. The van der Waals surface area contributed by atoms with Crippen molar-refractivity contribution in [1.82, 2.24) is 15.1 Å². The SMILES string of the molecule is CCS(=O)(=O)c1ccc(C(CO)NC(=O)c2nn(C(C)(C)C)c(Oc3cccc(F)c3C(F)F)c2C)cc1. The quantitative estimate of drug-likeness (QED) is 0.383. The molecular weight excluding hydrogens is 523 g/mol. The Hall–Kier alpha value is -3.38. The van der Waals surface area contributed by atoms with Gasteiger partial charge in [0.25, 0.3) is 12.3 Å². The third-order valence-corrected chi connectivity index (χ3v) is 7.62. The van der Waals surface area contributed by atoms with Crippen molar-refractivity contribution >= 4 is 15.7 Å². The average molecular weight is 554 g/mol. The van der Waals surface area contributed by atoms with Crippen LogP contribution < -0.4 is 10.1 Å². The molecule has 0 bridgehead atoms. The highest BCUT2D eigenvalue weighted by atomic mass is 32.2. The summed E-state index contributed by atoms with van der Waals surface area (Å²) >= 11 is 0. The maximum absolute atomic E-state index is 14.1. The predicted octanol–water partition coefficient (Wildman–Crippen LogP) is 5.07. The van der Waals surface area contributed by atoms with E-state index in [-0.39, 0.29) is 27.8 Å². The van der Waals surface area contributed by atoms with Gasteiger partial charge in [-0.05, 0) is 57.5 Å². The molecule has 8 nitrogen and oxygen atoms in total. The van der Waals surface area contributed by atoms with Gasteiger partial charge in [-0.15, -0.1) is 0 Å². The second-order valence-electron chi connectivity index (χ2n) is 9.60. The minimum absolute atomic E-state index is 0.0233. The number of aromatic nitrogens is 2. The lowest BCUT2D eigenvalue weighted by Gasteiger charge is -2.23. The molecule has 1 amide bonds. The summed E-state index contributed by atoms with van der Waals surface area (Å²) < 4.78 is 72.4. The number of hydrogen-bond donors (Lipinski definition) is 2. The van der Waals surface area contributed by atoms with E-state index in [1.165, 1.54) is 54.9 Å². The van der Waals surface area contributed by atoms with E-state index < -0.39 is 57.5 Å². The standard InChI is InChI=1S/C26H30F3N3O5S/c1-6-38(35,36)17-12-10-16(11-13-17)19(14-33)30-24(34)22-15(2)25(32(31-22)26(3,4)5)37-20-9-7-8-18(27)21(20)23(28)29/h7-13,19,23,33H,6,14H2,1-5H3,(H,30,34). The van der Waals surface area contributed by atoms with Gasteiger partial charge in [0.2, 0.25) is 5.88 Å². The highest BCUT2D eigenvalue weighted by molar-refractivity contribution is 7.91. The molecule has 1 aromatic heterocycles. The van der Waals surface area contributed by atoms with Crippen LogP contribution in [0.2, 0.25) is 0 Å². The summed E-state index contributed by atoms with van der Waals surface area (Å²) in [5, 5.41) is 16.9. The number of nitrogens with one attached hydrogen (secondary N) is 1. The third-order valence-electron chi connectivity index (χ3n) is 5.87. The minimum Gasteiger partial charge on any atom is -0.438 e. The first-order valence-electron chi connectivity index (χ1n) is 11.8. The van der Waals surface area contributed by atoms with Crippen molar-refractivity contribution in [3.05, 3.63) is 70.7 Å². The van der Waals surface area contributed by atoms with Crippen molar-refractivity contribution in [2.75, 3.05) is 12.4 Å². The van der Waals surface area contributed by atoms with E-state index >= 15 is 0 Å². The van der Waals surface area contributed by atoms with E-state index in [9.17, 15) is 31.5 Å². The Morgan fingerprint density at radius 1 is 1.16 bits per heavy atom. The monoisotopic (exact) mass is 553 g/mol. The molecule has 0 fully saturated rings. The first-order valence-corrected chi connectivity index (χ1v) is 13.5. The molecule has 1 unspecified atom stereocenters. The number of carbonyl (C=O) groups is 1. The smallest absolute Gasteiger partial charge is 0.272 e. The van der Waals surface area contributed by atoms with E-state index in [4.69, 9.17) is 4.74 Å². The molecule has 0 saturated carbocycles. The van der Waals surface area contributed by atoms with E-state index in [0.29, 0.717) is 5.56 Å². The zero-order chi connectivity index (χ0) is 28.4. The molecular formula is C26H30F3N3O5S. The van der Waals surface area contributed by atoms with E-state index in [1.54, 1.807) is 20.8 Å². The lowest BCUT2D eigenvalue weighted by atomic mass is 10.1. The summed E-state index contributed by atoms with van der Waals surface area (Å²) in [7, 11) is -3.42. The zero-order valence-corrected chi connectivity index (χ0v) is 22.4. The molecule has 2 N–H and O–H groups in total. The van der Waals surface area contributed by atoms with Crippen molar-refractivity contribution in [1.29, 1.82) is 0 Å². The molecule has 0 aliphatic carbocycles. The van der Waals surface area contributed by atoms with Gasteiger partial charge in [0.15, 0.2) is 15.5 Å². The molecule has 0 aliphatic heterocycles. The fraction of sp³-hybridized carbons (Fsp3) is 0.385. The summed E-state index contributed by atoms with van der Waals surface area (Å²) in [6, 6.07) is 8.23. The van der Waals surface area contributed by atoms with E-state index in [0.717, 1.165) is 6.07 Å². The van der Waals surface area contributed by atoms with Gasteiger partial charge < -0.3 is 15.2 Å². The van der Waals surface area contributed by atoms with Crippen LogP contribution >= 0.6 is 0 Å². The number of nitrogens with zero attached hydrogens (tertiary/aromatic N) is 2. The first kappa shape index (κ1) is 29.2. The Morgan fingerprint density at radius 3 is 2.32 bits per heavy atom. The topological polar surface area (TPSA) is 111 Å². The van der Waals surface area contributed by atoms with Crippen LogP contribution in [0.25, 0.3) is 0 Å². The number of rotatable bonds is 9. The number of halogens is 3. The normalized spacial score (nSPS) is 13.0. The Bertz CT molecular complexity index is 1420. The van der Waals surface area contributed by atoms with E-state index in [2.05, 4.69) is 10.4 Å². The number of carbonyl (C=O) groups excluding carboxylic acids is 1. The maximum atomic E-state index is 14.1. The summed E-state index contributed by atoms with van der Waals surface area (Å²) in [5.74, 6) is -2.31. The number of amides is 1. The number of aliphatic hydroxyl groups is 1. The lowest BCUT2D eigenvalue weighted by molar-refractivity contribution is 0.0908. The van der Waals surface area contributed by atoms with Crippen LogP contribution in [-0.2, 0) is 15.4 Å². The van der Waals surface area contributed by atoms with Gasteiger partial charge in [0, 0.05) is 5.56 Å². The molecule has 2 aromatic carbocycles. The number of benzene rings is 2. The van der Waals surface area contributed by atoms with Crippen LogP contribution in [-0.4, -0.2) is 41.6 Å². The van der Waals surface area contributed by atoms with Gasteiger partial charge in [-0.2, -0.15) is 5.10 Å². The van der Waals surface area contributed by atoms with Crippen LogP contribution in [0.3, 0.4) is 0 Å². The summed E-state index contributed by atoms with van der Waals surface area (Å²) in [4.78, 5) is 13.3. The number of sulfone groups is 1. The van der Waals surface area contributed by atoms with Crippen LogP contribution in [0, 0.1) is 12.7 Å². The highest BCUT2D eigenvalue weighted by Gasteiger charge is 2.30. The molecule has 0 spiro atoms. The summed E-state index contributed by atoms with van der Waals surface area (Å²) in [6.07, 6.45) is -3.13. The Morgan fingerprint density at radius 2 is 1.79 bits per heavy atom. The average Bonchev–Trinajstić information content (AvgIpc) is 3.18. The molecule has 12 heteroatoms. The number of ether oxygens (including phenoxy) is 1. The molecule has 206 valence electrons. The highest BCUT2D eigenvalue weighted by Crippen LogP contribution is 2.38. The fourth-order valence-corrected chi connectivity index (χ4v) is 4.61. The van der Waals surface area contributed by atoms with Crippen LogP contribution in [0.5, 0.6) is 11.6 Å². The van der Waals surface area contributed by atoms with Gasteiger partial charge in [-0.3, -0.25) is 4.79 Å². The molecule has 1 heterocycles. The number of alkyl halides is 2. The molecule has 1 atom stereocenters. The lowest BCUT2D eigenvalue weighted by Crippen LogP contribution is -2.32. The van der Waals surface area contributed by atoms with Crippen molar-refractivity contribution in [2.24, 2.45) is 0 Å². The van der Waals surface area contributed by atoms with Crippen molar-refractivity contribution < 1.29 is 36.2 Å². The van der Waals surface area contributed by atoms with E-state index in [1.807, 2.05) is 0 Å². The molecule has 3 rings (SSSR count). The molecule has 0 radical (unpaired) electrons. The predicted molar refractivity (Wildman–Crippen MR) is 135 cm³/mol. The minimum atomic E-state index is -3.42. The molecule has 0 aliphatic rings. The van der Waals surface area contributed by atoms with Crippen molar-refractivity contribution in [3.8, 4) is 11.6 Å². The third kappa shape index (κ3) is 6.02. The number of aliphatic hydroxyl groups excluding tert-OH is 1. The van der Waals surface area contributed by atoms with Crippen molar-refractivity contribution in [2.45, 2.75) is 57.5 Å². The summed E-state index contributed by atoms with van der Waals surface area (Å²) in [6.45, 7) is 7.83. The van der Waals surface area contributed by atoms with Gasteiger partial charge in [0.1, 0.15) is 11.6 Å². The Balaban J connectivity index is 1.97. The Labute approximate surface area is 219 Å². The number of hydrogen-bond acceptors (Lipinski definition) is 6. The van der Waals surface area contributed by atoms with Crippen LogP contribution in [0.4, 0.5) is 13.2 Å². The summed E-state index contributed by atoms with van der Waals surface area (Å²) in [5.41, 5.74) is -1.08. The first-order chi connectivity index (χ1) is 17.7. The van der Waals surface area contributed by atoms with Gasteiger partial charge >= 0.3 is 0 Å². The second-order valence-corrected chi connectivity index (χ2v) is 11.9. The van der Waals surface area contributed by atoms with Gasteiger partial charge in [-0.25, -0.2) is 26.3 Å². The molecule has 0 saturated heterocycles. The van der Waals surface area contributed by atoms with Gasteiger partial charge in [0.05, 0.1) is 34.4 Å². The fourth-order valence-electron chi connectivity index (χ4n) is 3.73. The molecule has 3 aromatic rings. The van der Waals surface area contributed by atoms with Crippen LogP contribution in [0.1, 0.15) is 67.3 Å². The second kappa shape index (κ2) is 11.2. The maximum Gasteiger partial charge on any atom is 0.272 e. The van der Waals surface area contributed by atoms with Gasteiger partial charge in [-0.1, -0.05) is 25.1 Å². The Kier molecular flexibility index (Phi) is 8.57. The van der Waals surface area contributed by atoms with Crippen molar-refractivity contribution in [3.63, 3.8) is 0 Å².